The van der Waals surface area contributed by atoms with Gasteiger partial charge in [0, 0.05) is 12.4 Å². The zero-order valence-corrected chi connectivity index (χ0v) is 12.9. The molecular formula is C10H13BrO2Zn. The van der Waals surface area contributed by atoms with Crippen LogP contribution in [0.5, 0.6) is 5.75 Å². The van der Waals surface area contributed by atoms with E-state index in [1.54, 1.807) is 0 Å². The van der Waals surface area contributed by atoms with Crippen LogP contribution in [0.3, 0.4) is 0 Å². The van der Waals surface area contributed by atoms with Crippen LogP contribution in [0, 0.1) is 6.07 Å². The quantitative estimate of drug-likeness (QED) is 0.473. The summed E-state index contributed by atoms with van der Waals surface area (Å²) in [5.41, 5.74) is 0. The first-order valence-corrected chi connectivity index (χ1v) is 11.3. The van der Waals surface area contributed by atoms with Gasteiger partial charge in [-0.2, -0.15) is 18.2 Å². The van der Waals surface area contributed by atoms with Crippen LogP contribution in [0.15, 0.2) is 24.3 Å². The Morgan fingerprint density at radius 3 is 2.71 bits per heavy atom. The van der Waals surface area contributed by atoms with Crippen LogP contribution in [-0.2, 0) is 21.1 Å². The normalized spacial score (nSPS) is 8.86. The molecule has 0 saturated heterocycles. The van der Waals surface area contributed by atoms with Gasteiger partial charge in [-0.05, 0) is 6.92 Å². The van der Waals surface area contributed by atoms with Crippen LogP contribution < -0.4 is 4.74 Å². The molecule has 1 aromatic carbocycles. The summed E-state index contributed by atoms with van der Waals surface area (Å²) in [4.78, 5) is 0. The molecule has 0 N–H and O–H groups in total. The van der Waals surface area contributed by atoms with Crippen molar-refractivity contribution in [2.45, 2.75) is 6.92 Å². The predicted octanol–water partition coefficient (Wildman–Crippen LogP) is 2.75. The fourth-order valence-corrected chi connectivity index (χ4v) is 0.822. The van der Waals surface area contributed by atoms with Gasteiger partial charge in [0.15, 0.2) is 0 Å². The van der Waals surface area contributed by atoms with Gasteiger partial charge in [-0.15, -0.1) is 12.1 Å². The molecule has 2 nitrogen and oxygen atoms in total. The van der Waals surface area contributed by atoms with Crippen molar-refractivity contribution >= 4 is 13.6 Å². The molecule has 0 aliphatic carbocycles. The van der Waals surface area contributed by atoms with Crippen molar-refractivity contribution in [3.63, 3.8) is 0 Å². The second kappa shape index (κ2) is 11.2. The number of halogens is 1. The summed E-state index contributed by atoms with van der Waals surface area (Å²) in [6, 6.07) is 10.5. The van der Waals surface area contributed by atoms with Crippen LogP contribution in [0.1, 0.15) is 6.92 Å². The Morgan fingerprint density at radius 2 is 2.14 bits per heavy atom. The van der Waals surface area contributed by atoms with Crippen molar-refractivity contribution in [2.24, 2.45) is 0 Å². The van der Waals surface area contributed by atoms with Crippen molar-refractivity contribution in [3.05, 3.63) is 30.3 Å². The van der Waals surface area contributed by atoms with Crippen LogP contribution in [-0.4, -0.2) is 19.8 Å². The molecule has 0 amide bonds. The Balaban J connectivity index is 0.000000791. The van der Waals surface area contributed by atoms with Crippen molar-refractivity contribution < 1.29 is 25.8 Å². The van der Waals surface area contributed by atoms with E-state index in [-0.39, 0.29) is 0 Å². The zero-order valence-electron chi connectivity index (χ0n) is 8.33. The first kappa shape index (κ1) is 14.1. The van der Waals surface area contributed by atoms with Gasteiger partial charge in [-0.3, -0.25) is 0 Å². The molecule has 0 aliphatic heterocycles. The molecule has 0 saturated carbocycles. The molecule has 0 fully saturated rings. The van der Waals surface area contributed by atoms with E-state index < -0.39 is 0 Å². The van der Waals surface area contributed by atoms with E-state index >= 15 is 0 Å². The average molecular weight is 311 g/mol. The molecule has 0 bridgehead atoms. The molecule has 0 spiro atoms. The van der Waals surface area contributed by atoms with Gasteiger partial charge in [-0.25, -0.2) is 0 Å². The summed E-state index contributed by atoms with van der Waals surface area (Å²) < 4.78 is 10.4. The predicted molar refractivity (Wildman–Crippen MR) is 56.2 cm³/mol. The van der Waals surface area contributed by atoms with E-state index in [1.165, 1.54) is 16.3 Å². The molecule has 14 heavy (non-hydrogen) atoms. The van der Waals surface area contributed by atoms with Crippen molar-refractivity contribution in [3.8, 4) is 5.75 Å². The van der Waals surface area contributed by atoms with Crippen LogP contribution in [0.2, 0.25) is 0 Å². The molecule has 0 heterocycles. The van der Waals surface area contributed by atoms with E-state index in [0.29, 0.717) is 13.2 Å². The number of ether oxygens (including phenoxy) is 2. The molecule has 0 radical (unpaired) electrons. The van der Waals surface area contributed by atoms with E-state index in [2.05, 4.69) is 19.7 Å². The second-order valence-corrected chi connectivity index (χ2v) is 2.27. The van der Waals surface area contributed by atoms with Crippen molar-refractivity contribution in [2.75, 3.05) is 19.8 Å². The first-order chi connectivity index (χ1) is 6.93. The van der Waals surface area contributed by atoms with Gasteiger partial charge in [0.2, 0.25) is 0 Å². The molecule has 74 valence electrons. The minimum atomic E-state index is 0.592. The zero-order chi connectivity index (χ0) is 10.6. The summed E-state index contributed by atoms with van der Waals surface area (Å²) in [5.74, 6) is 0.775. The number of rotatable bonds is 5. The Hall–Kier alpha value is 0.0834. The Morgan fingerprint density at radius 1 is 1.36 bits per heavy atom. The second-order valence-electron chi connectivity index (χ2n) is 2.27. The van der Waals surface area contributed by atoms with Crippen molar-refractivity contribution in [1.29, 1.82) is 0 Å². The number of hydrogen-bond donors (Lipinski definition) is 0. The van der Waals surface area contributed by atoms with Gasteiger partial charge in [0.25, 0.3) is 0 Å². The van der Waals surface area contributed by atoms with E-state index in [0.717, 1.165) is 12.4 Å². The van der Waals surface area contributed by atoms with Gasteiger partial charge in [0.05, 0.1) is 6.61 Å². The summed E-state index contributed by atoms with van der Waals surface area (Å²) in [7, 11) is 0. The number of hydrogen-bond acceptors (Lipinski definition) is 2. The monoisotopic (exact) mass is 308 g/mol. The fraction of sp³-hybridized carbons (Fsp3) is 0.400. The topological polar surface area (TPSA) is 18.5 Å². The van der Waals surface area contributed by atoms with E-state index in [1.807, 2.05) is 31.2 Å². The van der Waals surface area contributed by atoms with E-state index in [9.17, 15) is 0 Å². The first-order valence-electron chi connectivity index (χ1n) is 4.37. The van der Waals surface area contributed by atoms with Crippen molar-refractivity contribution in [1.82, 2.24) is 0 Å². The summed E-state index contributed by atoms with van der Waals surface area (Å²) in [5, 5.41) is 0. The summed E-state index contributed by atoms with van der Waals surface area (Å²) in [6.45, 7) is 3.93. The Bertz CT molecular complexity index is 207. The van der Waals surface area contributed by atoms with Crippen LogP contribution in [0.25, 0.3) is 0 Å². The molecule has 0 aromatic heterocycles. The maximum absolute atomic E-state index is 5.33. The summed E-state index contributed by atoms with van der Waals surface area (Å²) >= 11 is 4.25. The molecule has 0 aliphatic rings. The maximum atomic E-state index is 5.33. The third kappa shape index (κ3) is 7.48. The molecule has 1 aromatic rings. The van der Waals surface area contributed by atoms with Gasteiger partial charge in [-0.1, -0.05) is 0 Å². The van der Waals surface area contributed by atoms with Crippen LogP contribution in [0.4, 0.5) is 0 Å². The summed E-state index contributed by atoms with van der Waals surface area (Å²) in [6.07, 6.45) is 0. The SMILES string of the molecule is CCOCCOc1[c-]cccc1.[Zn+][Br]. The van der Waals surface area contributed by atoms with Gasteiger partial charge >= 0.3 is 30.0 Å². The molecule has 0 atom stereocenters. The standard InChI is InChI=1S/C10H13O2.BrH.Zn/c1-2-11-8-9-12-10-6-4-3-5-7-10;;/h3-6H,2,8-9H2,1H3;1H;/q-1;;+2/p-1. The van der Waals surface area contributed by atoms with Gasteiger partial charge in [0.1, 0.15) is 6.61 Å². The average Bonchev–Trinajstić information content (AvgIpc) is 2.29. The molecular weight excluding hydrogens is 297 g/mol. The number of benzene rings is 1. The van der Waals surface area contributed by atoms with Gasteiger partial charge < -0.3 is 9.47 Å². The minimum absolute atomic E-state index is 0.592. The van der Waals surface area contributed by atoms with E-state index in [4.69, 9.17) is 9.47 Å². The fourth-order valence-electron chi connectivity index (χ4n) is 0.822. The molecule has 4 heteroatoms. The number of para-hydroxylation sites is 1. The molecule has 1 rings (SSSR count). The Kier molecular flexibility index (Phi) is 11.2. The molecule has 0 unspecified atom stereocenters. The third-order valence-electron chi connectivity index (χ3n) is 1.37. The van der Waals surface area contributed by atoms with Crippen LogP contribution >= 0.6 is 13.6 Å². The Labute approximate surface area is 102 Å². The third-order valence-corrected chi connectivity index (χ3v) is 1.37.